The van der Waals surface area contributed by atoms with Gasteiger partial charge in [0.25, 0.3) is 0 Å². The van der Waals surface area contributed by atoms with E-state index in [1.165, 1.54) is 13.2 Å². The molecule has 0 unspecified atom stereocenters. The molecule has 6 heteroatoms. The third-order valence-electron chi connectivity index (χ3n) is 4.96. The van der Waals surface area contributed by atoms with Crippen LogP contribution < -0.4 is 0 Å². The molecule has 0 bridgehead atoms. The summed E-state index contributed by atoms with van der Waals surface area (Å²) in [6, 6.07) is 14.3. The molecule has 0 saturated heterocycles. The van der Waals surface area contributed by atoms with Crippen LogP contribution in [-0.4, -0.2) is 28.6 Å². The van der Waals surface area contributed by atoms with E-state index in [0.29, 0.717) is 5.56 Å². The Balaban J connectivity index is 2.22. The summed E-state index contributed by atoms with van der Waals surface area (Å²) in [5.74, 6) is -1.64. The maximum Gasteiger partial charge on any atom is 0.355 e. The summed E-state index contributed by atoms with van der Waals surface area (Å²) in [7, 11) is 3.13. The second-order valence-electron chi connectivity index (χ2n) is 6.40. The Morgan fingerprint density at radius 3 is 2.52 bits per heavy atom. The number of carbonyl (C=O) groups excluding carboxylic acids is 1. The van der Waals surface area contributed by atoms with Crippen LogP contribution in [0.25, 0.3) is 10.9 Å². The van der Waals surface area contributed by atoms with Crippen LogP contribution in [0.2, 0.25) is 0 Å². The van der Waals surface area contributed by atoms with Crippen LogP contribution in [0.1, 0.15) is 29.2 Å². The van der Waals surface area contributed by atoms with Gasteiger partial charge in [-0.3, -0.25) is 0 Å². The molecule has 1 atom stereocenters. The molecule has 0 aliphatic heterocycles. The van der Waals surface area contributed by atoms with Gasteiger partial charge in [-0.25, -0.2) is 9.18 Å². The molecule has 0 aliphatic rings. The highest BCUT2D eigenvalue weighted by Gasteiger charge is 2.28. The van der Waals surface area contributed by atoms with Crippen LogP contribution in [0.5, 0.6) is 0 Å². The second-order valence-corrected chi connectivity index (χ2v) is 6.40. The van der Waals surface area contributed by atoms with Crippen molar-refractivity contribution in [2.75, 3.05) is 7.11 Å². The number of oxime groups is 1. The first-order valence-corrected chi connectivity index (χ1v) is 8.57. The van der Waals surface area contributed by atoms with Crippen LogP contribution >= 0.6 is 0 Å². The summed E-state index contributed by atoms with van der Waals surface area (Å²) in [6.45, 7) is 1.97. The second kappa shape index (κ2) is 7.61. The zero-order chi connectivity index (χ0) is 19.6. The average molecular weight is 368 g/mol. The lowest BCUT2D eigenvalue weighted by Gasteiger charge is -2.20. The molecule has 0 fully saturated rings. The number of ether oxygens (including phenoxy) is 1. The number of carbonyl (C=O) groups is 1. The Morgan fingerprint density at radius 1 is 1.22 bits per heavy atom. The fourth-order valence-corrected chi connectivity index (χ4v) is 3.69. The third-order valence-corrected chi connectivity index (χ3v) is 4.96. The fourth-order valence-electron chi connectivity index (χ4n) is 3.69. The van der Waals surface area contributed by atoms with Gasteiger partial charge in [0, 0.05) is 36.0 Å². The van der Waals surface area contributed by atoms with E-state index < -0.39 is 11.9 Å². The van der Waals surface area contributed by atoms with Crippen molar-refractivity contribution in [2.45, 2.75) is 19.3 Å². The number of hydrogen-bond acceptors (Lipinski definition) is 4. The molecule has 0 spiro atoms. The summed E-state index contributed by atoms with van der Waals surface area (Å²) in [5.41, 5.74) is 3.12. The first kappa shape index (κ1) is 18.6. The number of benzene rings is 2. The summed E-state index contributed by atoms with van der Waals surface area (Å²) in [5, 5.41) is 13.5. The van der Waals surface area contributed by atoms with Gasteiger partial charge in [0.05, 0.1) is 7.11 Å². The van der Waals surface area contributed by atoms with Crippen LogP contribution in [0, 0.1) is 12.7 Å². The van der Waals surface area contributed by atoms with Crippen molar-refractivity contribution < 1.29 is 19.1 Å². The summed E-state index contributed by atoms with van der Waals surface area (Å²) >= 11 is 0. The summed E-state index contributed by atoms with van der Waals surface area (Å²) < 4.78 is 21.3. The van der Waals surface area contributed by atoms with Crippen molar-refractivity contribution in [2.24, 2.45) is 12.2 Å². The number of methoxy groups -OCH3 is 1. The Labute approximate surface area is 156 Å². The molecule has 0 amide bonds. The van der Waals surface area contributed by atoms with Crippen LogP contribution in [-0.2, 0) is 16.6 Å². The van der Waals surface area contributed by atoms with Gasteiger partial charge in [0.15, 0.2) is 5.71 Å². The zero-order valence-electron chi connectivity index (χ0n) is 15.4. The number of aromatic nitrogens is 1. The minimum atomic E-state index is -0.741. The molecular weight excluding hydrogens is 347 g/mol. The van der Waals surface area contributed by atoms with Crippen molar-refractivity contribution in [1.82, 2.24) is 4.57 Å². The van der Waals surface area contributed by atoms with Gasteiger partial charge in [-0.15, -0.1) is 0 Å². The molecule has 5 nitrogen and oxygen atoms in total. The molecule has 1 aromatic heterocycles. The van der Waals surface area contributed by atoms with Gasteiger partial charge in [-0.05, 0) is 30.2 Å². The van der Waals surface area contributed by atoms with Crippen molar-refractivity contribution >= 4 is 22.6 Å². The SMILES string of the molecule is COC(=O)/C(C[C@H](c1ccccc1F)c1c(C)c2ccccc2n1C)=N/O. The van der Waals surface area contributed by atoms with E-state index in [4.69, 9.17) is 4.74 Å². The largest absolute Gasteiger partial charge is 0.464 e. The van der Waals surface area contributed by atoms with Gasteiger partial charge in [0.2, 0.25) is 0 Å². The predicted octanol–water partition coefficient (Wildman–Crippen LogP) is 4.15. The lowest BCUT2D eigenvalue weighted by molar-refractivity contribution is -0.133. The first-order chi connectivity index (χ1) is 13.0. The number of halogens is 1. The van der Waals surface area contributed by atoms with Gasteiger partial charge in [-0.1, -0.05) is 41.6 Å². The third kappa shape index (κ3) is 3.30. The lowest BCUT2D eigenvalue weighted by atomic mass is 9.88. The molecule has 0 aliphatic carbocycles. The Morgan fingerprint density at radius 2 is 1.89 bits per heavy atom. The molecular formula is C21H21FN2O3. The molecule has 0 saturated carbocycles. The van der Waals surface area contributed by atoms with Gasteiger partial charge in [-0.2, -0.15) is 0 Å². The van der Waals surface area contributed by atoms with E-state index >= 15 is 0 Å². The molecule has 1 heterocycles. The monoisotopic (exact) mass is 368 g/mol. The summed E-state index contributed by atoms with van der Waals surface area (Å²) in [4.78, 5) is 12.0. The topological polar surface area (TPSA) is 63.8 Å². The van der Waals surface area contributed by atoms with Crippen molar-refractivity contribution in [1.29, 1.82) is 0 Å². The molecule has 3 aromatic rings. The van der Waals surface area contributed by atoms with E-state index in [1.807, 2.05) is 42.8 Å². The smallest absolute Gasteiger partial charge is 0.355 e. The number of nitrogens with zero attached hydrogens (tertiary/aromatic N) is 2. The standard InChI is InChI=1S/C21H21FN2O3/c1-13-14-8-5-7-11-19(14)24(2)20(13)16(12-18(23-26)21(25)27-3)15-9-4-6-10-17(15)22/h4-11,16,26H,12H2,1-3H3/b23-18+/t16-/m1/s1. The van der Waals surface area contributed by atoms with Gasteiger partial charge < -0.3 is 14.5 Å². The van der Waals surface area contributed by atoms with Crippen molar-refractivity contribution in [3.05, 3.63) is 71.2 Å². The average Bonchev–Trinajstić information content (AvgIpc) is 2.94. The number of fused-ring (bicyclic) bond motifs is 1. The molecule has 140 valence electrons. The number of rotatable bonds is 5. The molecule has 3 rings (SSSR count). The maximum atomic E-state index is 14.7. The first-order valence-electron chi connectivity index (χ1n) is 8.57. The van der Waals surface area contributed by atoms with Gasteiger partial charge in [0.1, 0.15) is 5.82 Å². The van der Waals surface area contributed by atoms with Crippen molar-refractivity contribution in [3.8, 4) is 0 Å². The van der Waals surface area contributed by atoms with E-state index in [1.54, 1.807) is 18.2 Å². The van der Waals surface area contributed by atoms with Crippen LogP contribution in [0.15, 0.2) is 53.7 Å². The molecule has 2 aromatic carbocycles. The normalized spacial score (nSPS) is 13.0. The zero-order valence-corrected chi connectivity index (χ0v) is 15.4. The predicted molar refractivity (Wildman–Crippen MR) is 102 cm³/mol. The van der Waals surface area contributed by atoms with E-state index in [2.05, 4.69) is 5.16 Å². The Bertz CT molecular complexity index is 984. The fraction of sp³-hybridized carbons (Fsp3) is 0.238. The number of hydrogen-bond donors (Lipinski definition) is 1. The number of aryl methyl sites for hydroxylation is 2. The number of para-hydroxylation sites is 1. The highest BCUT2D eigenvalue weighted by molar-refractivity contribution is 6.36. The van der Waals surface area contributed by atoms with Crippen LogP contribution in [0.4, 0.5) is 4.39 Å². The maximum absolute atomic E-state index is 14.7. The molecule has 27 heavy (non-hydrogen) atoms. The Kier molecular flexibility index (Phi) is 5.26. The highest BCUT2D eigenvalue weighted by atomic mass is 19.1. The summed E-state index contributed by atoms with van der Waals surface area (Å²) in [6.07, 6.45) is 0.00904. The lowest BCUT2D eigenvalue weighted by Crippen LogP contribution is -2.21. The highest BCUT2D eigenvalue weighted by Crippen LogP contribution is 2.37. The molecule has 1 N–H and O–H groups in total. The van der Waals surface area contributed by atoms with Gasteiger partial charge >= 0.3 is 5.97 Å². The van der Waals surface area contributed by atoms with E-state index in [9.17, 15) is 14.4 Å². The Hall–Kier alpha value is -3.15. The molecule has 0 radical (unpaired) electrons. The van der Waals surface area contributed by atoms with E-state index in [0.717, 1.165) is 22.2 Å². The quantitative estimate of drug-likeness (QED) is 0.318. The van der Waals surface area contributed by atoms with Crippen LogP contribution in [0.3, 0.4) is 0 Å². The minimum Gasteiger partial charge on any atom is -0.464 e. The van der Waals surface area contributed by atoms with Crippen molar-refractivity contribution in [3.63, 3.8) is 0 Å². The number of esters is 1. The minimum absolute atomic E-state index is 0.00904. The van der Waals surface area contributed by atoms with E-state index in [-0.39, 0.29) is 17.9 Å².